The molecule has 0 atom stereocenters. The van der Waals surface area contributed by atoms with Crippen molar-refractivity contribution in [2.45, 2.75) is 12.1 Å². The Balaban J connectivity index is 1.57. The molecule has 1 aromatic heterocycles. The lowest BCUT2D eigenvalue weighted by molar-refractivity contribution is -0.131. The highest BCUT2D eigenvalue weighted by molar-refractivity contribution is 7.99. The van der Waals surface area contributed by atoms with Gasteiger partial charge in [-0.05, 0) is 43.3 Å². The van der Waals surface area contributed by atoms with E-state index in [1.165, 1.54) is 18.7 Å². The quantitative estimate of drug-likeness (QED) is 0.308. The van der Waals surface area contributed by atoms with Crippen LogP contribution in [0.25, 0.3) is 11.1 Å². The van der Waals surface area contributed by atoms with Crippen LogP contribution < -0.4 is 4.74 Å². The Morgan fingerprint density at radius 3 is 2.57 bits per heavy atom. The summed E-state index contributed by atoms with van der Waals surface area (Å²) in [6.07, 6.45) is 0. The lowest BCUT2D eigenvalue weighted by atomic mass is 10.1. The number of aromatic nitrogens is 1. The fourth-order valence-electron chi connectivity index (χ4n) is 1.95. The minimum Gasteiger partial charge on any atom is -0.431 e. The number of esters is 1. The van der Waals surface area contributed by atoms with Crippen LogP contribution in [0.5, 0.6) is 5.75 Å². The van der Waals surface area contributed by atoms with Crippen molar-refractivity contribution in [3.8, 4) is 5.75 Å². The summed E-state index contributed by atoms with van der Waals surface area (Å²) in [5.41, 5.74) is 2.01. The average molecular weight is 327 g/mol. The molecule has 6 heteroatoms. The summed E-state index contributed by atoms with van der Waals surface area (Å²) >= 11 is 1.18. The summed E-state index contributed by atoms with van der Waals surface area (Å²) in [4.78, 5) is 27.3. The molecule has 5 nitrogen and oxygen atoms in total. The van der Waals surface area contributed by atoms with E-state index < -0.39 is 5.97 Å². The van der Waals surface area contributed by atoms with Gasteiger partial charge in [0.15, 0.2) is 11.4 Å². The Bertz CT molecular complexity index is 821. The van der Waals surface area contributed by atoms with Crippen LogP contribution in [0.1, 0.15) is 17.3 Å². The Kier molecular flexibility index (Phi) is 4.43. The highest BCUT2D eigenvalue weighted by Crippen LogP contribution is 2.23. The van der Waals surface area contributed by atoms with Crippen molar-refractivity contribution in [3.05, 3.63) is 54.1 Å². The second-order valence-electron chi connectivity index (χ2n) is 4.79. The average Bonchev–Trinajstić information content (AvgIpc) is 2.96. The first-order valence-electron chi connectivity index (χ1n) is 6.92. The number of ether oxygens (including phenoxy) is 1. The monoisotopic (exact) mass is 327 g/mol. The largest absolute Gasteiger partial charge is 0.431 e. The number of fused-ring (bicyclic) bond motifs is 1. The molecule has 0 spiro atoms. The molecule has 0 fully saturated rings. The van der Waals surface area contributed by atoms with Crippen molar-refractivity contribution >= 4 is 34.6 Å². The molecule has 0 saturated carbocycles. The van der Waals surface area contributed by atoms with Gasteiger partial charge >= 0.3 is 5.97 Å². The molecule has 0 unspecified atom stereocenters. The zero-order chi connectivity index (χ0) is 16.2. The Hall–Kier alpha value is -2.60. The van der Waals surface area contributed by atoms with E-state index in [1.54, 1.807) is 24.3 Å². The van der Waals surface area contributed by atoms with Crippen molar-refractivity contribution in [1.29, 1.82) is 0 Å². The minimum atomic E-state index is -0.409. The predicted octanol–water partition coefficient (Wildman–Crippen LogP) is 3.73. The number of ketones is 1. The van der Waals surface area contributed by atoms with Crippen molar-refractivity contribution < 1.29 is 18.7 Å². The van der Waals surface area contributed by atoms with E-state index in [4.69, 9.17) is 9.15 Å². The Morgan fingerprint density at radius 1 is 1.13 bits per heavy atom. The number of rotatable bonds is 5. The third-order valence-electron chi connectivity index (χ3n) is 3.08. The number of benzene rings is 2. The summed E-state index contributed by atoms with van der Waals surface area (Å²) in [6, 6.07) is 13.8. The summed E-state index contributed by atoms with van der Waals surface area (Å²) in [7, 11) is 0. The van der Waals surface area contributed by atoms with Gasteiger partial charge < -0.3 is 9.15 Å². The van der Waals surface area contributed by atoms with Gasteiger partial charge in [0.1, 0.15) is 17.0 Å². The van der Waals surface area contributed by atoms with Crippen LogP contribution in [0.2, 0.25) is 0 Å². The molecule has 0 aliphatic rings. The van der Waals surface area contributed by atoms with E-state index in [0.29, 0.717) is 22.1 Å². The first kappa shape index (κ1) is 15.3. The molecular weight excluding hydrogens is 314 g/mol. The summed E-state index contributed by atoms with van der Waals surface area (Å²) in [5, 5.41) is 0.426. The number of hydrogen-bond donors (Lipinski definition) is 0. The second kappa shape index (κ2) is 6.66. The van der Waals surface area contributed by atoms with Crippen LogP contribution in [-0.2, 0) is 4.79 Å². The standard InChI is InChI=1S/C17H13NO4S/c1-11(19)12-6-8-13(9-7-12)21-16(20)10-23-17-18-14-4-2-3-5-15(14)22-17/h2-9H,10H2,1H3. The first-order valence-corrected chi connectivity index (χ1v) is 7.90. The summed E-state index contributed by atoms with van der Waals surface area (Å²) < 4.78 is 10.7. The van der Waals surface area contributed by atoms with Gasteiger partial charge in [0.25, 0.3) is 5.22 Å². The number of carbonyl (C=O) groups excluding carboxylic acids is 2. The topological polar surface area (TPSA) is 69.4 Å². The highest BCUT2D eigenvalue weighted by atomic mass is 32.2. The molecule has 0 aliphatic heterocycles. The van der Waals surface area contributed by atoms with Crippen molar-refractivity contribution in [1.82, 2.24) is 4.98 Å². The number of thioether (sulfide) groups is 1. The lowest BCUT2D eigenvalue weighted by Gasteiger charge is -2.03. The van der Waals surface area contributed by atoms with Crippen molar-refractivity contribution in [2.75, 3.05) is 5.75 Å². The minimum absolute atomic E-state index is 0.0330. The van der Waals surface area contributed by atoms with Gasteiger partial charge in [0, 0.05) is 5.56 Å². The zero-order valence-corrected chi connectivity index (χ0v) is 13.1. The summed E-state index contributed by atoms with van der Waals surface area (Å²) in [6.45, 7) is 1.48. The van der Waals surface area contributed by atoms with E-state index >= 15 is 0 Å². The van der Waals surface area contributed by atoms with Gasteiger partial charge in [-0.25, -0.2) is 4.98 Å². The molecule has 23 heavy (non-hydrogen) atoms. The highest BCUT2D eigenvalue weighted by Gasteiger charge is 2.11. The molecule has 0 radical (unpaired) electrons. The zero-order valence-electron chi connectivity index (χ0n) is 12.3. The fourth-order valence-corrected chi connectivity index (χ4v) is 2.56. The Labute approximate surface area is 136 Å². The molecule has 1 heterocycles. The molecule has 0 N–H and O–H groups in total. The van der Waals surface area contributed by atoms with Gasteiger partial charge in [-0.1, -0.05) is 23.9 Å². The van der Waals surface area contributed by atoms with Crippen LogP contribution in [0.4, 0.5) is 0 Å². The Morgan fingerprint density at radius 2 is 1.87 bits per heavy atom. The lowest BCUT2D eigenvalue weighted by Crippen LogP contribution is -2.10. The predicted molar refractivity (Wildman–Crippen MR) is 86.8 cm³/mol. The maximum Gasteiger partial charge on any atom is 0.321 e. The molecule has 0 saturated heterocycles. The van der Waals surface area contributed by atoms with Gasteiger partial charge in [-0.15, -0.1) is 0 Å². The molecule has 0 bridgehead atoms. The summed E-state index contributed by atoms with van der Waals surface area (Å²) in [5.74, 6) is 0.0433. The van der Waals surface area contributed by atoms with Crippen LogP contribution in [0, 0.1) is 0 Å². The van der Waals surface area contributed by atoms with Crippen LogP contribution in [0.15, 0.2) is 58.2 Å². The number of oxazole rings is 1. The van der Waals surface area contributed by atoms with Gasteiger partial charge in [-0.3, -0.25) is 9.59 Å². The number of Topliss-reactive ketones (excluding diaryl/α,β-unsaturated/α-hetero) is 1. The number of carbonyl (C=O) groups is 2. The van der Waals surface area contributed by atoms with Crippen molar-refractivity contribution in [3.63, 3.8) is 0 Å². The molecule has 116 valence electrons. The van der Waals surface area contributed by atoms with Crippen LogP contribution in [-0.4, -0.2) is 22.5 Å². The van der Waals surface area contributed by atoms with E-state index in [0.717, 1.165) is 5.52 Å². The third kappa shape index (κ3) is 3.78. The van der Waals surface area contributed by atoms with Gasteiger partial charge in [0.05, 0.1) is 0 Å². The third-order valence-corrected chi connectivity index (χ3v) is 3.88. The fraction of sp³-hybridized carbons (Fsp3) is 0.118. The van der Waals surface area contributed by atoms with E-state index in [2.05, 4.69) is 4.98 Å². The van der Waals surface area contributed by atoms with E-state index in [1.807, 2.05) is 24.3 Å². The number of hydrogen-bond acceptors (Lipinski definition) is 6. The van der Waals surface area contributed by atoms with E-state index in [-0.39, 0.29) is 11.5 Å². The molecule has 3 aromatic rings. The van der Waals surface area contributed by atoms with Gasteiger partial charge in [0.2, 0.25) is 0 Å². The van der Waals surface area contributed by atoms with Crippen LogP contribution in [0.3, 0.4) is 0 Å². The van der Waals surface area contributed by atoms with E-state index in [9.17, 15) is 9.59 Å². The molecule has 3 rings (SSSR count). The SMILES string of the molecule is CC(=O)c1ccc(OC(=O)CSc2nc3ccccc3o2)cc1. The maximum absolute atomic E-state index is 11.8. The normalized spacial score (nSPS) is 10.7. The smallest absolute Gasteiger partial charge is 0.321 e. The van der Waals surface area contributed by atoms with Gasteiger partial charge in [-0.2, -0.15) is 0 Å². The second-order valence-corrected chi connectivity index (χ2v) is 5.72. The number of nitrogens with zero attached hydrogens (tertiary/aromatic N) is 1. The van der Waals surface area contributed by atoms with Crippen molar-refractivity contribution in [2.24, 2.45) is 0 Å². The number of para-hydroxylation sites is 2. The first-order chi connectivity index (χ1) is 11.1. The maximum atomic E-state index is 11.8. The van der Waals surface area contributed by atoms with Crippen LogP contribution >= 0.6 is 11.8 Å². The molecule has 0 amide bonds. The molecular formula is C17H13NO4S. The molecule has 0 aliphatic carbocycles. The molecule has 2 aromatic carbocycles.